The van der Waals surface area contributed by atoms with E-state index < -0.39 is 23.3 Å². The maximum Gasteiger partial charge on any atom is 0.338 e. The van der Waals surface area contributed by atoms with Crippen LogP contribution in [-0.4, -0.2) is 29.3 Å². The van der Waals surface area contributed by atoms with E-state index in [0.717, 1.165) is 20.9 Å². The summed E-state index contributed by atoms with van der Waals surface area (Å²) < 4.78 is 0. The largest absolute Gasteiger partial charge is 0.338 e. The van der Waals surface area contributed by atoms with Crippen LogP contribution in [0.5, 0.6) is 0 Å². The Bertz CT molecular complexity index is 762. The molecule has 0 spiro atoms. The molecule has 1 aliphatic rings. The predicted octanol–water partition coefficient (Wildman–Crippen LogP) is 3.32. The van der Waals surface area contributed by atoms with Crippen molar-refractivity contribution in [2.75, 3.05) is 11.4 Å². The number of nitriles is 1. The molecule has 0 unspecified atom stereocenters. The molecule has 0 bridgehead atoms. The monoisotopic (exact) mass is 341 g/mol. The van der Waals surface area contributed by atoms with Crippen molar-refractivity contribution in [2.24, 2.45) is 5.41 Å². The third kappa shape index (κ3) is 3.87. The fraction of sp³-hybridized carbons (Fsp3) is 0.474. The van der Waals surface area contributed by atoms with Crippen molar-refractivity contribution >= 4 is 23.5 Å². The van der Waals surface area contributed by atoms with Crippen molar-refractivity contribution in [3.8, 4) is 6.07 Å². The Kier molecular flexibility index (Phi) is 5.27. The number of unbranched alkanes of at least 4 members (excludes halogenated alkanes) is 1. The maximum absolute atomic E-state index is 12.6. The second-order valence-electron chi connectivity index (χ2n) is 7.12. The van der Waals surface area contributed by atoms with Crippen LogP contribution in [-0.2, 0) is 9.59 Å². The number of imide groups is 2. The van der Waals surface area contributed by atoms with Gasteiger partial charge in [0.2, 0.25) is 0 Å². The summed E-state index contributed by atoms with van der Waals surface area (Å²) in [5, 5.41) is 9.01. The SMILES string of the molecule is Cc1ccc(N2C(=O)C(=O)N(CCCCC(C)(C)C#N)C2=O)c(C)c1. The number of benzene rings is 1. The minimum Gasteiger partial charge on any atom is -0.263 e. The summed E-state index contributed by atoms with van der Waals surface area (Å²) in [5.74, 6) is -1.60. The fourth-order valence-electron chi connectivity index (χ4n) is 2.86. The lowest BCUT2D eigenvalue weighted by Crippen LogP contribution is -2.34. The zero-order valence-electron chi connectivity index (χ0n) is 15.1. The first kappa shape index (κ1) is 18.7. The lowest BCUT2D eigenvalue weighted by Gasteiger charge is -2.18. The van der Waals surface area contributed by atoms with E-state index in [9.17, 15) is 14.4 Å². The Morgan fingerprint density at radius 3 is 2.36 bits per heavy atom. The summed E-state index contributed by atoms with van der Waals surface area (Å²) >= 11 is 0. The zero-order chi connectivity index (χ0) is 18.8. The van der Waals surface area contributed by atoms with Crippen LogP contribution in [0.3, 0.4) is 0 Å². The van der Waals surface area contributed by atoms with Gasteiger partial charge in [0.15, 0.2) is 0 Å². The first-order chi connectivity index (χ1) is 11.7. The number of anilines is 1. The molecule has 0 aromatic heterocycles. The summed E-state index contributed by atoms with van der Waals surface area (Å²) in [6, 6.07) is 6.99. The van der Waals surface area contributed by atoms with E-state index in [2.05, 4.69) is 6.07 Å². The molecule has 1 saturated heterocycles. The van der Waals surface area contributed by atoms with Gasteiger partial charge in [0.05, 0.1) is 17.2 Å². The van der Waals surface area contributed by atoms with Crippen molar-refractivity contribution in [1.82, 2.24) is 4.90 Å². The summed E-state index contributed by atoms with van der Waals surface area (Å²) in [5.41, 5.74) is 1.80. The van der Waals surface area contributed by atoms with Gasteiger partial charge in [-0.15, -0.1) is 0 Å². The van der Waals surface area contributed by atoms with Crippen LogP contribution >= 0.6 is 0 Å². The topological polar surface area (TPSA) is 81.5 Å². The second-order valence-corrected chi connectivity index (χ2v) is 7.12. The number of hydrogen-bond acceptors (Lipinski definition) is 4. The van der Waals surface area contributed by atoms with E-state index in [-0.39, 0.29) is 6.54 Å². The highest BCUT2D eigenvalue weighted by atomic mass is 16.2. The highest BCUT2D eigenvalue weighted by Gasteiger charge is 2.45. The van der Waals surface area contributed by atoms with Crippen LogP contribution in [0.25, 0.3) is 0 Å². The molecule has 4 amide bonds. The predicted molar refractivity (Wildman–Crippen MR) is 93.8 cm³/mol. The van der Waals surface area contributed by atoms with Crippen LogP contribution in [0.4, 0.5) is 10.5 Å². The standard InChI is InChI=1S/C19H23N3O3/c1-13-7-8-15(14(2)11-13)22-17(24)16(23)21(18(22)25)10-6-5-9-19(3,4)12-20/h7-8,11H,5-6,9-10H2,1-4H3. The van der Waals surface area contributed by atoms with Crippen LogP contribution in [0, 0.1) is 30.6 Å². The Hall–Kier alpha value is -2.68. The Balaban J connectivity index is 2.08. The zero-order valence-corrected chi connectivity index (χ0v) is 15.1. The molecule has 1 aromatic rings. The number of nitrogens with zero attached hydrogens (tertiary/aromatic N) is 3. The second kappa shape index (κ2) is 7.06. The molecule has 6 heteroatoms. The molecule has 0 N–H and O–H groups in total. The fourth-order valence-corrected chi connectivity index (χ4v) is 2.86. The maximum atomic E-state index is 12.6. The third-order valence-electron chi connectivity index (χ3n) is 4.38. The quantitative estimate of drug-likeness (QED) is 0.451. The lowest BCUT2D eigenvalue weighted by atomic mass is 9.89. The number of carbonyl (C=O) groups is 3. The molecule has 6 nitrogen and oxygen atoms in total. The molecule has 1 aliphatic heterocycles. The molecular weight excluding hydrogens is 318 g/mol. The van der Waals surface area contributed by atoms with Crippen molar-refractivity contribution in [3.63, 3.8) is 0 Å². The van der Waals surface area contributed by atoms with Crippen LogP contribution in [0.2, 0.25) is 0 Å². The number of hydrogen-bond donors (Lipinski definition) is 0. The van der Waals surface area contributed by atoms with Crippen molar-refractivity contribution < 1.29 is 14.4 Å². The molecule has 0 radical (unpaired) electrons. The van der Waals surface area contributed by atoms with E-state index in [1.54, 1.807) is 19.1 Å². The van der Waals surface area contributed by atoms with Gasteiger partial charge in [-0.25, -0.2) is 9.69 Å². The van der Waals surface area contributed by atoms with E-state index in [0.29, 0.717) is 24.9 Å². The Morgan fingerprint density at radius 2 is 1.76 bits per heavy atom. The van der Waals surface area contributed by atoms with Gasteiger partial charge < -0.3 is 0 Å². The van der Waals surface area contributed by atoms with Crippen molar-refractivity contribution in [1.29, 1.82) is 5.26 Å². The first-order valence-corrected chi connectivity index (χ1v) is 8.36. The Labute approximate surface area is 148 Å². The van der Waals surface area contributed by atoms with Gasteiger partial charge in [-0.1, -0.05) is 24.1 Å². The highest BCUT2D eigenvalue weighted by Crippen LogP contribution is 2.27. The minimum atomic E-state index is -0.811. The molecule has 25 heavy (non-hydrogen) atoms. The molecule has 0 saturated carbocycles. The van der Waals surface area contributed by atoms with Crippen LogP contribution in [0.1, 0.15) is 44.2 Å². The molecule has 1 fully saturated rings. The molecule has 1 aromatic carbocycles. The molecule has 132 valence electrons. The minimum absolute atomic E-state index is 0.187. The van der Waals surface area contributed by atoms with E-state index in [1.807, 2.05) is 26.8 Å². The van der Waals surface area contributed by atoms with Gasteiger partial charge in [-0.2, -0.15) is 5.26 Å². The van der Waals surface area contributed by atoms with Gasteiger partial charge in [-0.3, -0.25) is 14.5 Å². The smallest absolute Gasteiger partial charge is 0.263 e. The van der Waals surface area contributed by atoms with Crippen LogP contribution in [0.15, 0.2) is 18.2 Å². The highest BCUT2D eigenvalue weighted by molar-refractivity contribution is 6.52. The van der Waals surface area contributed by atoms with Crippen molar-refractivity contribution in [3.05, 3.63) is 29.3 Å². The summed E-state index contributed by atoms with van der Waals surface area (Å²) in [4.78, 5) is 39.0. The molecular formula is C19H23N3O3. The van der Waals surface area contributed by atoms with Gasteiger partial charge in [-0.05, 0) is 52.2 Å². The van der Waals surface area contributed by atoms with Gasteiger partial charge in [0.1, 0.15) is 0 Å². The van der Waals surface area contributed by atoms with E-state index in [4.69, 9.17) is 5.26 Å². The van der Waals surface area contributed by atoms with Gasteiger partial charge in [0, 0.05) is 6.54 Å². The van der Waals surface area contributed by atoms with Gasteiger partial charge >= 0.3 is 17.8 Å². The number of rotatable bonds is 6. The Morgan fingerprint density at radius 1 is 1.08 bits per heavy atom. The number of urea groups is 1. The lowest BCUT2D eigenvalue weighted by molar-refractivity contribution is -0.139. The number of amides is 4. The number of carbonyl (C=O) groups excluding carboxylic acids is 3. The van der Waals surface area contributed by atoms with Crippen molar-refractivity contribution in [2.45, 2.75) is 47.0 Å². The molecule has 1 heterocycles. The molecule has 2 rings (SSSR count). The summed E-state index contributed by atoms with van der Waals surface area (Å²) in [6.45, 7) is 7.62. The third-order valence-corrected chi connectivity index (χ3v) is 4.38. The molecule has 0 atom stereocenters. The normalized spacial score (nSPS) is 15.1. The summed E-state index contributed by atoms with van der Waals surface area (Å²) in [6.07, 6.45) is 1.94. The average Bonchev–Trinajstić information content (AvgIpc) is 2.75. The summed E-state index contributed by atoms with van der Waals surface area (Å²) in [7, 11) is 0. The van der Waals surface area contributed by atoms with E-state index in [1.165, 1.54) is 0 Å². The number of aryl methyl sites for hydroxylation is 2. The molecule has 0 aliphatic carbocycles. The van der Waals surface area contributed by atoms with E-state index >= 15 is 0 Å². The van der Waals surface area contributed by atoms with Gasteiger partial charge in [0.25, 0.3) is 0 Å². The van der Waals surface area contributed by atoms with Crippen LogP contribution < -0.4 is 4.90 Å². The first-order valence-electron chi connectivity index (χ1n) is 8.36. The average molecular weight is 341 g/mol.